The van der Waals surface area contributed by atoms with Crippen molar-refractivity contribution >= 4 is 21.9 Å². The van der Waals surface area contributed by atoms with Gasteiger partial charge in [0.25, 0.3) is 0 Å². The maximum absolute atomic E-state index is 12.0. The summed E-state index contributed by atoms with van der Waals surface area (Å²) < 4.78 is 5.78. The Morgan fingerprint density at radius 2 is 1.86 bits per heavy atom. The lowest BCUT2D eigenvalue weighted by molar-refractivity contribution is 0.0597. The van der Waals surface area contributed by atoms with Gasteiger partial charge in [0.1, 0.15) is 0 Å². The number of nitriles is 1. The highest BCUT2D eigenvalue weighted by Crippen LogP contribution is 2.60. The summed E-state index contributed by atoms with van der Waals surface area (Å²) in [7, 11) is 1.38. The van der Waals surface area contributed by atoms with Gasteiger partial charge in [-0.2, -0.15) is 5.26 Å². The average molecular weight is 348 g/mol. The van der Waals surface area contributed by atoms with E-state index in [1.54, 1.807) is 6.07 Å². The summed E-state index contributed by atoms with van der Waals surface area (Å²) in [5, 5.41) is 9.84. The second-order valence-corrected chi connectivity index (χ2v) is 7.29. The van der Waals surface area contributed by atoms with Gasteiger partial charge in [-0.25, -0.2) is 4.79 Å². The van der Waals surface area contributed by atoms with Crippen LogP contribution in [0.2, 0.25) is 0 Å². The Morgan fingerprint density at radius 1 is 1.24 bits per heavy atom. The molecule has 0 N–H and O–H groups in total. The van der Waals surface area contributed by atoms with Crippen LogP contribution in [0.4, 0.5) is 0 Å². The van der Waals surface area contributed by atoms with E-state index in [1.165, 1.54) is 20.0 Å². The zero-order chi connectivity index (χ0) is 15.1. The number of benzene rings is 1. The first-order chi connectivity index (χ1) is 10.0. The molecule has 21 heavy (non-hydrogen) atoms. The topological polar surface area (TPSA) is 50.1 Å². The molecule has 0 heterocycles. The summed E-state index contributed by atoms with van der Waals surface area (Å²) in [5.74, 6) is -0.362. The predicted molar refractivity (Wildman–Crippen MR) is 82.9 cm³/mol. The van der Waals surface area contributed by atoms with Crippen LogP contribution in [-0.4, -0.2) is 13.1 Å². The van der Waals surface area contributed by atoms with Crippen LogP contribution in [0, 0.1) is 16.7 Å². The van der Waals surface area contributed by atoms with E-state index >= 15 is 0 Å². The first-order valence-corrected chi connectivity index (χ1v) is 8.13. The van der Waals surface area contributed by atoms with Gasteiger partial charge < -0.3 is 4.74 Å². The van der Waals surface area contributed by atoms with Gasteiger partial charge in [-0.1, -0.05) is 15.9 Å². The quantitative estimate of drug-likeness (QED) is 0.747. The zero-order valence-corrected chi connectivity index (χ0v) is 13.7. The number of methoxy groups -OCH3 is 1. The third-order valence-corrected chi connectivity index (χ3v) is 5.73. The molecule has 3 nitrogen and oxygen atoms in total. The molecule has 1 aromatic rings. The molecule has 4 heteroatoms. The Morgan fingerprint density at radius 3 is 2.38 bits per heavy atom. The lowest BCUT2D eigenvalue weighted by Crippen LogP contribution is -2.32. The number of esters is 1. The first-order valence-electron chi connectivity index (χ1n) is 7.34. The van der Waals surface area contributed by atoms with Crippen molar-refractivity contribution in [2.24, 2.45) is 5.41 Å². The molecule has 0 atom stereocenters. The van der Waals surface area contributed by atoms with Gasteiger partial charge >= 0.3 is 5.97 Å². The van der Waals surface area contributed by atoms with Crippen molar-refractivity contribution in [1.82, 2.24) is 0 Å². The molecule has 0 aliphatic heterocycles. The molecule has 2 fully saturated rings. The van der Waals surface area contributed by atoms with Crippen molar-refractivity contribution in [3.63, 3.8) is 0 Å². The summed E-state index contributed by atoms with van der Waals surface area (Å²) in [6.07, 6.45) is 6.46. The van der Waals surface area contributed by atoms with Crippen LogP contribution in [0.15, 0.2) is 22.7 Å². The summed E-state index contributed by atoms with van der Waals surface area (Å²) in [6.45, 7) is 0. The van der Waals surface area contributed by atoms with Crippen LogP contribution in [0.25, 0.3) is 0 Å². The zero-order valence-electron chi connectivity index (χ0n) is 12.1. The molecule has 1 aromatic carbocycles. The highest BCUT2D eigenvalue weighted by Gasteiger charge is 2.50. The van der Waals surface area contributed by atoms with Crippen molar-refractivity contribution in [3.05, 3.63) is 33.8 Å². The molecule has 0 amide bonds. The first kappa shape index (κ1) is 14.6. The average Bonchev–Trinajstić information content (AvgIpc) is 3.27. The van der Waals surface area contributed by atoms with Crippen LogP contribution < -0.4 is 0 Å². The Balaban J connectivity index is 2.02. The molecule has 0 aromatic heterocycles. The van der Waals surface area contributed by atoms with Gasteiger partial charge in [-0.05, 0) is 67.7 Å². The largest absolute Gasteiger partial charge is 0.465 e. The smallest absolute Gasteiger partial charge is 0.338 e. The third kappa shape index (κ3) is 2.48. The molecular weight excluding hydrogens is 330 g/mol. The number of halogens is 1. The summed E-state index contributed by atoms with van der Waals surface area (Å²) in [4.78, 5) is 12.0. The minimum absolute atomic E-state index is 0.362. The van der Waals surface area contributed by atoms with Gasteiger partial charge in [0.05, 0.1) is 24.2 Å². The summed E-state index contributed by atoms with van der Waals surface area (Å²) in [6, 6.07) is 8.02. The van der Waals surface area contributed by atoms with Crippen molar-refractivity contribution in [2.45, 2.75) is 43.9 Å². The Bertz CT molecular complexity index is 618. The highest BCUT2D eigenvalue weighted by atomic mass is 79.9. The molecule has 2 saturated carbocycles. The fraction of sp³-hybridized carbons (Fsp3) is 0.529. The molecule has 2 aliphatic rings. The van der Waals surface area contributed by atoms with E-state index in [0.717, 1.165) is 35.7 Å². The van der Waals surface area contributed by atoms with Crippen molar-refractivity contribution in [2.75, 3.05) is 7.11 Å². The van der Waals surface area contributed by atoms with Gasteiger partial charge in [-0.3, -0.25) is 0 Å². The predicted octanol–water partition coefficient (Wildman–Crippen LogP) is 4.35. The molecule has 0 bridgehead atoms. The van der Waals surface area contributed by atoms with E-state index in [0.29, 0.717) is 11.0 Å². The lowest BCUT2D eigenvalue weighted by atomic mass is 9.65. The molecular formula is C17H18BrNO2. The van der Waals surface area contributed by atoms with Crippen molar-refractivity contribution in [3.8, 4) is 6.07 Å². The second kappa shape index (κ2) is 5.14. The van der Waals surface area contributed by atoms with Crippen LogP contribution >= 0.6 is 15.9 Å². The van der Waals surface area contributed by atoms with E-state index in [-0.39, 0.29) is 5.97 Å². The SMILES string of the molecule is COC(=O)c1ccc(Br)cc1C1(C#N)CCC2(CC2)CC1. The standard InChI is InChI=1S/C17H18BrNO2/c1-21-15(20)13-3-2-12(18)10-14(13)17(11-19)8-6-16(4-5-16)7-9-17/h2-3,10H,4-9H2,1H3. The second-order valence-electron chi connectivity index (χ2n) is 6.38. The molecule has 0 saturated heterocycles. The summed E-state index contributed by atoms with van der Waals surface area (Å²) >= 11 is 3.46. The van der Waals surface area contributed by atoms with E-state index < -0.39 is 5.41 Å². The van der Waals surface area contributed by atoms with Crippen LogP contribution in [0.3, 0.4) is 0 Å². The molecule has 0 unspecified atom stereocenters. The number of rotatable bonds is 2. The van der Waals surface area contributed by atoms with Gasteiger partial charge in [-0.15, -0.1) is 0 Å². The monoisotopic (exact) mass is 347 g/mol. The number of carbonyl (C=O) groups excluding carboxylic acids is 1. The Labute approximate surface area is 133 Å². The molecule has 110 valence electrons. The minimum atomic E-state index is -0.554. The number of nitrogens with zero attached hydrogens (tertiary/aromatic N) is 1. The fourth-order valence-corrected chi connectivity index (χ4v) is 3.89. The minimum Gasteiger partial charge on any atom is -0.465 e. The van der Waals surface area contributed by atoms with E-state index in [1.807, 2.05) is 12.1 Å². The number of hydrogen-bond donors (Lipinski definition) is 0. The lowest BCUT2D eigenvalue weighted by Gasteiger charge is -2.36. The van der Waals surface area contributed by atoms with E-state index in [2.05, 4.69) is 22.0 Å². The number of ether oxygens (including phenoxy) is 1. The van der Waals surface area contributed by atoms with Crippen molar-refractivity contribution < 1.29 is 9.53 Å². The normalized spacial score (nSPS) is 21.6. The number of carbonyl (C=O) groups is 1. The maximum Gasteiger partial charge on any atom is 0.338 e. The number of hydrogen-bond acceptors (Lipinski definition) is 3. The van der Waals surface area contributed by atoms with Crippen molar-refractivity contribution in [1.29, 1.82) is 5.26 Å². The Kier molecular flexibility index (Phi) is 3.57. The highest BCUT2D eigenvalue weighted by molar-refractivity contribution is 9.10. The molecule has 0 radical (unpaired) electrons. The van der Waals surface area contributed by atoms with Gasteiger partial charge in [0.15, 0.2) is 0 Å². The van der Waals surface area contributed by atoms with E-state index in [9.17, 15) is 10.1 Å². The van der Waals surface area contributed by atoms with Gasteiger partial charge in [0, 0.05) is 4.47 Å². The van der Waals surface area contributed by atoms with E-state index in [4.69, 9.17) is 4.74 Å². The van der Waals surface area contributed by atoms with Crippen LogP contribution in [0.5, 0.6) is 0 Å². The molecule has 2 aliphatic carbocycles. The van der Waals surface area contributed by atoms with Gasteiger partial charge in [0.2, 0.25) is 0 Å². The maximum atomic E-state index is 12.0. The Hall–Kier alpha value is -1.34. The van der Waals surface area contributed by atoms with Crippen LogP contribution in [0.1, 0.15) is 54.4 Å². The third-order valence-electron chi connectivity index (χ3n) is 5.24. The molecule has 1 spiro atoms. The molecule has 3 rings (SSSR count). The fourth-order valence-electron chi connectivity index (χ4n) is 3.53. The summed E-state index contributed by atoms with van der Waals surface area (Å²) in [5.41, 5.74) is 1.30. The van der Waals surface area contributed by atoms with Crippen LogP contribution in [-0.2, 0) is 10.2 Å².